The zero-order chi connectivity index (χ0) is 2.00. The van der Waals surface area contributed by atoms with Crippen molar-refractivity contribution in [1.82, 2.24) is 0 Å². The van der Waals surface area contributed by atoms with Gasteiger partial charge in [0.05, 0.1) is 0 Å². The van der Waals surface area contributed by atoms with Gasteiger partial charge in [-0.15, -0.1) is 12.4 Å². The zero-order valence-electron chi connectivity index (χ0n) is 2.23. The van der Waals surface area contributed by atoms with Crippen molar-refractivity contribution in [2.75, 3.05) is 7.11 Å². The fraction of sp³-hybridized carbons (Fsp3) is 1.00. The average Bonchev–Trinajstić information content (AvgIpc) is 1.00. The van der Waals surface area contributed by atoms with E-state index >= 15 is 0 Å². The van der Waals surface area contributed by atoms with Crippen LogP contribution in [0.25, 0.3) is 0 Å². The van der Waals surface area contributed by atoms with E-state index in [2.05, 4.69) is 0 Å². The average molecular weight is 123 g/mol. The predicted molar refractivity (Wildman–Crippen MR) is 15.4 cm³/mol. The molecule has 0 saturated heterocycles. The summed E-state index contributed by atoms with van der Waals surface area (Å²) >= 11 is 0. The number of halogens is 1. The normalized spacial score (nSPS) is 1.50. The van der Waals surface area contributed by atoms with Crippen LogP contribution in [0, 0.1) is 0 Å². The van der Waals surface area contributed by atoms with E-state index in [1.807, 2.05) is 0 Å². The van der Waals surface area contributed by atoms with Crippen LogP contribution in [0.2, 0.25) is 0 Å². The third-order valence-electron chi connectivity index (χ3n) is 0. The Morgan fingerprint density at radius 3 is 1.25 bits per heavy atom. The second-order valence-electron chi connectivity index (χ2n) is 0. The van der Waals surface area contributed by atoms with Gasteiger partial charge in [-0.25, -0.2) is 0 Å². The second-order valence-corrected chi connectivity index (χ2v) is 0. The molecule has 0 spiro atoms. The summed E-state index contributed by atoms with van der Waals surface area (Å²) in [6.07, 6.45) is 0. The summed E-state index contributed by atoms with van der Waals surface area (Å²) in [6.45, 7) is 0. The second kappa shape index (κ2) is 48.8. The Hall–Kier alpha value is 0.769. The quantitative estimate of drug-likeness (QED) is 0.451. The third-order valence-corrected chi connectivity index (χ3v) is 0. The summed E-state index contributed by atoms with van der Waals surface area (Å²) < 4.78 is 0. The van der Waals surface area contributed by atoms with Crippen LogP contribution < -0.4 is 0 Å². The summed E-state index contributed by atoms with van der Waals surface area (Å²) in [5.41, 5.74) is 0. The SMILES string of the molecule is CO.Cl.[Mn]. The summed E-state index contributed by atoms with van der Waals surface area (Å²) in [4.78, 5) is 0. The minimum Gasteiger partial charge on any atom is -0.400 e. The van der Waals surface area contributed by atoms with Gasteiger partial charge in [-0.05, 0) is 0 Å². The van der Waals surface area contributed by atoms with Crippen LogP contribution in [0.3, 0.4) is 0 Å². The van der Waals surface area contributed by atoms with Crippen LogP contribution in [0.5, 0.6) is 0 Å². The maximum absolute atomic E-state index is 7.00. The number of rotatable bonds is 0. The Labute approximate surface area is 42.3 Å². The molecule has 0 fully saturated rings. The molecular formula is CH5ClMnO. The molecule has 0 aliphatic rings. The summed E-state index contributed by atoms with van der Waals surface area (Å²) in [5, 5.41) is 7.00. The van der Waals surface area contributed by atoms with Crippen LogP contribution >= 0.6 is 12.4 Å². The van der Waals surface area contributed by atoms with Crippen molar-refractivity contribution in [2.24, 2.45) is 0 Å². The minimum atomic E-state index is 0. The molecule has 0 unspecified atom stereocenters. The van der Waals surface area contributed by atoms with Crippen molar-refractivity contribution < 1.29 is 22.2 Å². The van der Waals surface area contributed by atoms with Gasteiger partial charge in [0.25, 0.3) is 0 Å². The van der Waals surface area contributed by atoms with Crippen LogP contribution in [0.4, 0.5) is 0 Å². The molecule has 0 aromatic carbocycles. The Kier molecular flexibility index (Phi) is 264. The van der Waals surface area contributed by atoms with Crippen LogP contribution in [-0.4, -0.2) is 12.2 Å². The molecule has 4 heavy (non-hydrogen) atoms. The van der Waals surface area contributed by atoms with Gasteiger partial charge >= 0.3 is 0 Å². The van der Waals surface area contributed by atoms with E-state index in [9.17, 15) is 0 Å². The minimum absolute atomic E-state index is 0. The molecule has 1 radical (unpaired) electrons. The monoisotopic (exact) mass is 123 g/mol. The molecular weight excluding hydrogens is 118 g/mol. The topological polar surface area (TPSA) is 20.2 Å². The molecule has 0 aliphatic carbocycles. The van der Waals surface area contributed by atoms with Gasteiger partial charge in [0.15, 0.2) is 0 Å². The van der Waals surface area contributed by atoms with Crippen molar-refractivity contribution in [3.63, 3.8) is 0 Å². The van der Waals surface area contributed by atoms with E-state index in [0.717, 1.165) is 7.11 Å². The molecule has 1 N–H and O–H groups in total. The molecule has 0 bridgehead atoms. The van der Waals surface area contributed by atoms with Gasteiger partial charge in [-0.3, -0.25) is 0 Å². The van der Waals surface area contributed by atoms with Gasteiger partial charge in [-0.1, -0.05) is 0 Å². The molecule has 0 atom stereocenters. The first-order valence-corrected chi connectivity index (χ1v) is 0.447. The first-order chi connectivity index (χ1) is 1.00. The fourth-order valence-corrected chi connectivity index (χ4v) is 0. The van der Waals surface area contributed by atoms with Gasteiger partial charge in [-0.2, -0.15) is 0 Å². The van der Waals surface area contributed by atoms with E-state index in [0.29, 0.717) is 0 Å². The number of aliphatic hydroxyl groups excluding tert-OH is 1. The van der Waals surface area contributed by atoms with Gasteiger partial charge < -0.3 is 5.11 Å². The third kappa shape index (κ3) is 14.6. The van der Waals surface area contributed by atoms with Gasteiger partial charge in [0.1, 0.15) is 0 Å². The maximum atomic E-state index is 7.00. The fourth-order valence-electron chi connectivity index (χ4n) is 0. The van der Waals surface area contributed by atoms with E-state index in [1.54, 1.807) is 0 Å². The molecule has 0 saturated carbocycles. The van der Waals surface area contributed by atoms with Crippen LogP contribution in [0.1, 0.15) is 0 Å². The first kappa shape index (κ1) is 21.6. The van der Waals surface area contributed by atoms with Crippen molar-refractivity contribution in [3.05, 3.63) is 0 Å². The molecule has 0 rings (SSSR count). The molecule has 0 aromatic heterocycles. The maximum Gasteiger partial charge on any atom is 0.0319 e. The summed E-state index contributed by atoms with van der Waals surface area (Å²) in [7, 11) is 1.00. The Morgan fingerprint density at radius 2 is 1.25 bits per heavy atom. The molecule has 29 valence electrons. The molecule has 0 heterocycles. The van der Waals surface area contributed by atoms with E-state index in [4.69, 9.17) is 5.11 Å². The smallest absolute Gasteiger partial charge is 0.0319 e. The predicted octanol–water partition coefficient (Wildman–Crippen LogP) is 0.0278. The largest absolute Gasteiger partial charge is 0.400 e. The van der Waals surface area contributed by atoms with E-state index in [1.165, 1.54) is 0 Å². The number of hydrogen-bond acceptors (Lipinski definition) is 1. The summed E-state index contributed by atoms with van der Waals surface area (Å²) in [5.74, 6) is 0. The Bertz CT molecular complexity index is 8.00. The molecule has 0 aliphatic heterocycles. The molecule has 3 heteroatoms. The standard InChI is InChI=1S/CH4O.ClH.Mn/c1-2;;/h2H,1H3;1H;. The van der Waals surface area contributed by atoms with Crippen molar-refractivity contribution in [1.29, 1.82) is 0 Å². The first-order valence-electron chi connectivity index (χ1n) is 0.447. The van der Waals surface area contributed by atoms with Crippen molar-refractivity contribution in [2.45, 2.75) is 0 Å². The van der Waals surface area contributed by atoms with E-state index in [-0.39, 0.29) is 29.5 Å². The number of hydrogen-bond donors (Lipinski definition) is 1. The molecule has 0 amide bonds. The number of aliphatic hydroxyl groups is 1. The van der Waals surface area contributed by atoms with Crippen LogP contribution in [0.15, 0.2) is 0 Å². The molecule has 0 aromatic rings. The molecule has 1 nitrogen and oxygen atoms in total. The van der Waals surface area contributed by atoms with E-state index < -0.39 is 0 Å². The zero-order valence-corrected chi connectivity index (χ0v) is 4.23. The van der Waals surface area contributed by atoms with Gasteiger partial charge in [0, 0.05) is 24.2 Å². The Balaban J connectivity index is -0.00000000500. The Morgan fingerprint density at radius 1 is 1.25 bits per heavy atom. The van der Waals surface area contributed by atoms with Gasteiger partial charge in [0.2, 0.25) is 0 Å². The summed E-state index contributed by atoms with van der Waals surface area (Å²) in [6, 6.07) is 0. The van der Waals surface area contributed by atoms with Crippen molar-refractivity contribution >= 4 is 12.4 Å². The van der Waals surface area contributed by atoms with Crippen LogP contribution in [-0.2, 0) is 17.1 Å². The van der Waals surface area contributed by atoms with Crippen molar-refractivity contribution in [3.8, 4) is 0 Å².